The van der Waals surface area contributed by atoms with E-state index in [2.05, 4.69) is 107 Å². The number of fused-ring (bicyclic) bond motifs is 4. The number of nitrogens with zero attached hydrogens (tertiary/aromatic N) is 3. The largest absolute Gasteiger partial charge is 0 e. The molecular weight excluding hydrogens is 827 g/mol. The number of hydrogen-bond acceptors (Lipinski definition) is 3. The second kappa shape index (κ2) is 13.7. The predicted octanol–water partition coefficient (Wildman–Crippen LogP) is 10.4. The Bertz CT molecular complexity index is 2400. The first-order valence-electron chi connectivity index (χ1n) is 17.3. The van der Waals surface area contributed by atoms with Crippen LogP contribution in [-0.2, 0) is 20.1 Å². The van der Waals surface area contributed by atoms with Gasteiger partial charge in [0.2, 0.25) is 0 Å². The summed E-state index contributed by atoms with van der Waals surface area (Å²) < 4.78 is 31.9. The molecule has 241 valence electrons. The molecule has 0 aliphatic heterocycles. The minimum Gasteiger partial charge on any atom is 0 e. The van der Waals surface area contributed by atoms with Crippen LogP contribution in [0, 0.1) is 32.8 Å². The van der Waals surface area contributed by atoms with Crippen molar-refractivity contribution in [2.75, 3.05) is 0 Å². The Labute approximate surface area is 302 Å². The third-order valence-corrected chi connectivity index (χ3v) is 12.8. The molecule has 0 bridgehead atoms. The van der Waals surface area contributed by atoms with Crippen molar-refractivity contribution in [2.24, 2.45) is 0 Å². The molecule has 0 spiro atoms. The summed E-state index contributed by atoms with van der Waals surface area (Å²) in [6.07, 6.45) is 1.95. The van der Waals surface area contributed by atoms with Gasteiger partial charge < -0.3 is 8.98 Å². The number of hydrogen-bond donors (Lipinski definition) is 0. The van der Waals surface area contributed by atoms with Crippen molar-refractivity contribution in [3.8, 4) is 28.3 Å². The van der Waals surface area contributed by atoms with Gasteiger partial charge in [0.05, 0.1) is 22.4 Å². The maximum atomic E-state index is 7.35. The Morgan fingerprint density at radius 3 is 2.27 bits per heavy atom. The standard InChI is InChI=1S/C27H19N2O.C15H18GeN.Ir/c1-17-9-7-10-18(2)25(17)29-23-15-5-4-14-22(23)28-27(29)21-13-8-12-20-19-11-3-6-16-24(19)30-26(20)21;1-12-5-7-13(8-6-12)15-10-9-14(11-17-15)16(2,3)4;/h3-12,14-16H,1-2H3;5-7,9-11H,1-4H3;/q2*-1;/i;1D3;. The van der Waals surface area contributed by atoms with Crippen molar-refractivity contribution < 1.29 is 28.6 Å². The van der Waals surface area contributed by atoms with Gasteiger partial charge in [-0.05, 0) is 43.2 Å². The number of aromatic nitrogens is 3. The van der Waals surface area contributed by atoms with E-state index in [0.29, 0.717) is 5.56 Å². The second-order valence-electron chi connectivity index (χ2n) is 12.9. The smallest absolute Gasteiger partial charge is 0 e. The van der Waals surface area contributed by atoms with Gasteiger partial charge in [-0.1, -0.05) is 59.5 Å². The maximum Gasteiger partial charge on any atom is 0 e. The van der Waals surface area contributed by atoms with Crippen molar-refractivity contribution in [2.45, 2.75) is 38.0 Å². The number of para-hydroxylation sites is 4. The summed E-state index contributed by atoms with van der Waals surface area (Å²) >= 11 is -1.83. The molecule has 3 aromatic heterocycles. The number of rotatable bonds is 4. The zero-order valence-electron chi connectivity index (χ0n) is 30.6. The second-order valence-corrected chi connectivity index (χ2v) is 23.5. The number of furan rings is 1. The van der Waals surface area contributed by atoms with Crippen molar-refractivity contribution in [1.82, 2.24) is 14.5 Å². The van der Waals surface area contributed by atoms with Crippen LogP contribution in [-0.4, -0.2) is 27.8 Å². The molecule has 4 nitrogen and oxygen atoms in total. The van der Waals surface area contributed by atoms with Crippen LogP contribution in [0.1, 0.15) is 20.8 Å². The zero-order chi connectivity index (χ0) is 35.2. The van der Waals surface area contributed by atoms with Gasteiger partial charge in [-0.2, -0.15) is 0 Å². The first-order valence-corrected chi connectivity index (χ1v) is 23.1. The first-order chi connectivity index (χ1) is 23.9. The summed E-state index contributed by atoms with van der Waals surface area (Å²) in [5.41, 5.74) is 10.1. The molecule has 1 radical (unpaired) electrons. The van der Waals surface area contributed by atoms with Crippen LogP contribution in [0.5, 0.6) is 0 Å². The van der Waals surface area contributed by atoms with Crippen LogP contribution in [0.3, 0.4) is 0 Å². The molecule has 0 N–H and O–H groups in total. The normalized spacial score (nSPS) is 12.6. The molecule has 5 aromatic carbocycles. The molecule has 0 aliphatic rings. The molecular formula is C42H37GeIrN3O-2. The quantitative estimate of drug-likeness (QED) is 0.131. The molecule has 0 unspecified atom stereocenters. The van der Waals surface area contributed by atoms with Crippen LogP contribution >= 0.6 is 0 Å². The Morgan fingerprint density at radius 2 is 1.56 bits per heavy atom. The number of benzene rings is 5. The van der Waals surface area contributed by atoms with Crippen LogP contribution in [0.4, 0.5) is 0 Å². The van der Waals surface area contributed by atoms with Gasteiger partial charge in [-0.15, -0.1) is 18.2 Å². The van der Waals surface area contributed by atoms with Crippen LogP contribution in [0.2, 0.25) is 17.3 Å². The summed E-state index contributed by atoms with van der Waals surface area (Å²) in [6, 6.07) is 42.3. The third-order valence-electron chi connectivity index (χ3n) is 8.50. The summed E-state index contributed by atoms with van der Waals surface area (Å²) in [5, 5.41) is 2.19. The molecule has 0 atom stereocenters. The number of pyridine rings is 1. The van der Waals surface area contributed by atoms with E-state index >= 15 is 0 Å². The average molecular weight is 868 g/mol. The molecule has 0 saturated heterocycles. The van der Waals surface area contributed by atoms with Gasteiger partial charge in [0, 0.05) is 31.2 Å². The molecule has 0 amide bonds. The average Bonchev–Trinajstić information content (AvgIpc) is 3.67. The Kier molecular flexibility index (Phi) is 8.50. The van der Waals surface area contributed by atoms with Gasteiger partial charge in [0.15, 0.2) is 0 Å². The van der Waals surface area contributed by atoms with Crippen molar-refractivity contribution >= 4 is 50.6 Å². The van der Waals surface area contributed by atoms with Crippen LogP contribution < -0.4 is 4.40 Å². The maximum absolute atomic E-state index is 7.35. The van der Waals surface area contributed by atoms with E-state index < -0.39 is 20.1 Å². The fraction of sp³-hybridized carbons (Fsp3) is 0.143. The molecule has 0 fully saturated rings. The summed E-state index contributed by atoms with van der Waals surface area (Å²) in [5.74, 6) is 7.83. The topological polar surface area (TPSA) is 43.9 Å². The minimum atomic E-state index is -2.08. The van der Waals surface area contributed by atoms with Gasteiger partial charge in [-0.25, -0.2) is 0 Å². The molecule has 8 rings (SSSR count). The molecule has 0 saturated carbocycles. The SMILES string of the molecule is Cc1cccc(C)c1-n1c(-c2[c-]ccc3c2oc2ccccc23)nc2ccccc21.[2H]C([2H])([2H])c1c[c-]c(-c2cc[c]([Ge]([CH3])([CH3])[CH3])cn2)cc1.[Ir]. The van der Waals surface area contributed by atoms with Gasteiger partial charge in [0.25, 0.3) is 0 Å². The minimum absolute atomic E-state index is 0. The first kappa shape index (κ1) is 29.8. The number of imidazole rings is 1. The van der Waals surface area contributed by atoms with E-state index in [1.165, 1.54) is 21.6 Å². The van der Waals surface area contributed by atoms with E-state index in [-0.39, 0.29) is 20.1 Å². The number of aryl methyl sites for hydroxylation is 3. The predicted molar refractivity (Wildman–Crippen MR) is 198 cm³/mol. The Morgan fingerprint density at radius 1 is 0.792 bits per heavy atom. The Hall–Kier alpha value is -4.29. The van der Waals surface area contributed by atoms with Gasteiger partial charge in [-0.3, -0.25) is 4.98 Å². The van der Waals surface area contributed by atoms with Crippen molar-refractivity contribution in [3.63, 3.8) is 0 Å². The summed E-state index contributed by atoms with van der Waals surface area (Å²) in [4.78, 5) is 9.52. The monoisotopic (exact) mass is 869 g/mol. The van der Waals surface area contributed by atoms with E-state index in [4.69, 9.17) is 13.5 Å². The van der Waals surface area contributed by atoms with E-state index in [9.17, 15) is 0 Å². The van der Waals surface area contributed by atoms with Crippen molar-refractivity contribution in [3.05, 3.63) is 144 Å². The van der Waals surface area contributed by atoms with Gasteiger partial charge >= 0.3 is 110 Å². The molecule has 48 heavy (non-hydrogen) atoms. The van der Waals surface area contributed by atoms with E-state index in [0.717, 1.165) is 61.3 Å². The third kappa shape index (κ3) is 6.43. The fourth-order valence-electron chi connectivity index (χ4n) is 6.02. The molecule has 6 heteroatoms. The van der Waals surface area contributed by atoms with Crippen molar-refractivity contribution in [1.29, 1.82) is 0 Å². The summed E-state index contributed by atoms with van der Waals surface area (Å²) in [7, 11) is 0. The van der Waals surface area contributed by atoms with E-state index in [1.807, 2.05) is 42.6 Å². The zero-order valence-corrected chi connectivity index (χ0v) is 32.0. The van der Waals surface area contributed by atoms with E-state index in [1.54, 1.807) is 12.1 Å². The van der Waals surface area contributed by atoms with Gasteiger partial charge in [0.1, 0.15) is 5.58 Å². The van der Waals surface area contributed by atoms with Crippen LogP contribution in [0.25, 0.3) is 61.3 Å². The Balaban J connectivity index is 0.000000188. The summed E-state index contributed by atoms with van der Waals surface area (Å²) in [6.45, 7) is 2.21. The molecule has 3 heterocycles. The molecule has 8 aromatic rings. The fourth-order valence-corrected chi connectivity index (χ4v) is 8.19. The molecule has 0 aliphatic carbocycles. The van der Waals surface area contributed by atoms with Crippen LogP contribution in [0.15, 0.2) is 120 Å².